The minimum absolute atomic E-state index is 0.125. The van der Waals surface area contributed by atoms with Crippen molar-refractivity contribution in [1.29, 1.82) is 0 Å². The number of carbonyl (C=O) groups is 1. The van der Waals surface area contributed by atoms with E-state index in [1.165, 1.54) is 0 Å². The Labute approximate surface area is 204 Å². The van der Waals surface area contributed by atoms with Crippen LogP contribution in [0.4, 0.5) is 5.95 Å². The van der Waals surface area contributed by atoms with Crippen LogP contribution in [0.1, 0.15) is 36.1 Å². The second kappa shape index (κ2) is 12.0. The van der Waals surface area contributed by atoms with Gasteiger partial charge in [-0.3, -0.25) is 14.6 Å². The molecule has 35 heavy (non-hydrogen) atoms. The Bertz CT molecular complexity index is 1060. The minimum atomic E-state index is -0.199. The van der Waals surface area contributed by atoms with Gasteiger partial charge in [0.2, 0.25) is 11.9 Å². The van der Waals surface area contributed by atoms with E-state index in [0.29, 0.717) is 74.6 Å². The lowest BCUT2D eigenvalue weighted by Crippen LogP contribution is -2.38. The highest BCUT2D eigenvalue weighted by molar-refractivity contribution is 5.76. The molecule has 10 nitrogen and oxygen atoms in total. The number of morpholine rings is 1. The highest BCUT2D eigenvalue weighted by Gasteiger charge is 2.18. The van der Waals surface area contributed by atoms with Gasteiger partial charge >= 0.3 is 0 Å². The predicted molar refractivity (Wildman–Crippen MR) is 130 cm³/mol. The fraction of sp³-hybridized carbons (Fsp3) is 0.560. The summed E-state index contributed by atoms with van der Waals surface area (Å²) in [6, 6.07) is 5.60. The Kier molecular flexibility index (Phi) is 8.59. The number of anilines is 1. The largest absolute Gasteiger partial charge is 0.493 e. The van der Waals surface area contributed by atoms with Crippen LogP contribution >= 0.6 is 0 Å². The number of H-pyrrole nitrogens is 1. The molecule has 10 heteroatoms. The third kappa shape index (κ3) is 6.73. The number of aromatic nitrogens is 2. The molecule has 2 aliphatic heterocycles. The van der Waals surface area contributed by atoms with E-state index in [1.807, 2.05) is 23.1 Å². The van der Waals surface area contributed by atoms with Crippen LogP contribution in [0.5, 0.6) is 11.5 Å². The van der Waals surface area contributed by atoms with Crippen molar-refractivity contribution < 1.29 is 23.7 Å². The van der Waals surface area contributed by atoms with Gasteiger partial charge in [0.15, 0.2) is 11.5 Å². The topological polar surface area (TPSA) is 115 Å². The van der Waals surface area contributed by atoms with Gasteiger partial charge in [-0.1, -0.05) is 6.07 Å². The summed E-state index contributed by atoms with van der Waals surface area (Å²) in [6.07, 6.45) is 2.71. The molecule has 2 fully saturated rings. The molecule has 0 saturated carbocycles. The number of carbonyl (C=O) groups excluding carboxylic acids is 1. The lowest BCUT2D eigenvalue weighted by molar-refractivity contribution is -0.121. The number of aryl methyl sites for hydroxylation is 1. The molecule has 1 atom stereocenters. The van der Waals surface area contributed by atoms with Crippen LogP contribution < -0.4 is 25.2 Å². The maximum Gasteiger partial charge on any atom is 0.255 e. The number of hydrogen-bond acceptors (Lipinski definition) is 8. The van der Waals surface area contributed by atoms with Gasteiger partial charge in [0.25, 0.3) is 5.56 Å². The summed E-state index contributed by atoms with van der Waals surface area (Å²) in [6.45, 7) is 6.05. The lowest BCUT2D eigenvalue weighted by Gasteiger charge is -2.27. The molecule has 1 aromatic heterocycles. The second-order valence-electron chi connectivity index (χ2n) is 8.76. The molecule has 2 aliphatic rings. The van der Waals surface area contributed by atoms with Gasteiger partial charge in [-0.25, -0.2) is 4.98 Å². The van der Waals surface area contributed by atoms with E-state index in [9.17, 15) is 9.59 Å². The molecule has 0 radical (unpaired) electrons. The summed E-state index contributed by atoms with van der Waals surface area (Å²) < 4.78 is 22.3. The maximum absolute atomic E-state index is 12.6. The molecule has 1 unspecified atom stereocenters. The minimum Gasteiger partial charge on any atom is -0.493 e. The summed E-state index contributed by atoms with van der Waals surface area (Å²) in [4.78, 5) is 34.5. The van der Waals surface area contributed by atoms with Gasteiger partial charge in [-0.05, 0) is 43.9 Å². The predicted octanol–water partition coefficient (Wildman–Crippen LogP) is 1.73. The van der Waals surface area contributed by atoms with Crippen molar-refractivity contribution in [3.05, 3.63) is 45.4 Å². The number of methoxy groups -OCH3 is 1. The molecule has 0 bridgehead atoms. The zero-order valence-corrected chi connectivity index (χ0v) is 20.4. The highest BCUT2D eigenvalue weighted by Crippen LogP contribution is 2.29. The van der Waals surface area contributed by atoms with E-state index in [-0.39, 0.29) is 24.0 Å². The summed E-state index contributed by atoms with van der Waals surface area (Å²) in [5.74, 6) is 1.68. The van der Waals surface area contributed by atoms with Gasteiger partial charge in [0.1, 0.15) is 6.61 Å². The molecule has 0 spiro atoms. The van der Waals surface area contributed by atoms with E-state index in [4.69, 9.17) is 18.9 Å². The standard InChI is InChI=1S/C25H34N4O6/c1-17-20(24(31)28-25(27-17)29-9-12-33-13-10-29)6-8-23(30)26-15-18-5-7-21(22(14-18)32-2)35-16-19-4-3-11-34-19/h5,7,14,19H,3-4,6,8-13,15-16H2,1-2H3,(H,26,30)(H,27,28,31). The molecule has 1 amide bonds. The van der Waals surface area contributed by atoms with E-state index >= 15 is 0 Å². The average molecular weight is 487 g/mol. The van der Waals surface area contributed by atoms with Gasteiger partial charge in [0.05, 0.1) is 26.4 Å². The zero-order chi connectivity index (χ0) is 24.6. The van der Waals surface area contributed by atoms with Crippen molar-refractivity contribution in [2.75, 3.05) is 51.5 Å². The first-order chi connectivity index (χ1) is 17.0. The first-order valence-electron chi connectivity index (χ1n) is 12.1. The van der Waals surface area contributed by atoms with Crippen LogP contribution in [0.2, 0.25) is 0 Å². The molecular formula is C25H34N4O6. The number of nitrogens with zero attached hydrogens (tertiary/aromatic N) is 2. The van der Waals surface area contributed by atoms with Crippen molar-refractivity contribution in [2.45, 2.75) is 45.3 Å². The quantitative estimate of drug-likeness (QED) is 0.522. The molecule has 2 aromatic rings. The molecule has 190 valence electrons. The number of nitrogens with one attached hydrogen (secondary N) is 2. The first-order valence-corrected chi connectivity index (χ1v) is 12.1. The van der Waals surface area contributed by atoms with Crippen LogP contribution in [0.25, 0.3) is 0 Å². The third-order valence-corrected chi connectivity index (χ3v) is 6.29. The maximum atomic E-state index is 12.6. The fourth-order valence-corrected chi connectivity index (χ4v) is 4.24. The van der Waals surface area contributed by atoms with Crippen LogP contribution in [0.3, 0.4) is 0 Å². The van der Waals surface area contributed by atoms with E-state index in [0.717, 1.165) is 25.0 Å². The summed E-state index contributed by atoms with van der Waals surface area (Å²) in [7, 11) is 1.59. The van der Waals surface area contributed by atoms with Gasteiger partial charge in [0, 0.05) is 43.9 Å². The number of benzene rings is 1. The van der Waals surface area contributed by atoms with Gasteiger partial charge < -0.3 is 29.2 Å². The normalized spacial score (nSPS) is 17.9. The fourth-order valence-electron chi connectivity index (χ4n) is 4.24. The lowest BCUT2D eigenvalue weighted by atomic mass is 10.1. The number of ether oxygens (including phenoxy) is 4. The highest BCUT2D eigenvalue weighted by atomic mass is 16.5. The molecule has 4 rings (SSSR count). The zero-order valence-electron chi connectivity index (χ0n) is 20.4. The average Bonchev–Trinajstić information content (AvgIpc) is 3.40. The Morgan fingerprint density at radius 3 is 2.80 bits per heavy atom. The Morgan fingerprint density at radius 1 is 1.26 bits per heavy atom. The monoisotopic (exact) mass is 486 g/mol. The first kappa shape index (κ1) is 25.0. The van der Waals surface area contributed by atoms with Gasteiger partial charge in [-0.15, -0.1) is 0 Å². The smallest absolute Gasteiger partial charge is 0.255 e. The van der Waals surface area contributed by atoms with Crippen molar-refractivity contribution in [3.8, 4) is 11.5 Å². The van der Waals surface area contributed by atoms with Crippen LogP contribution in [-0.4, -0.2) is 68.6 Å². The number of rotatable bonds is 10. The molecule has 1 aromatic carbocycles. The molecule has 2 saturated heterocycles. The SMILES string of the molecule is COc1cc(CNC(=O)CCc2c(C)nc(N3CCOCC3)[nH]c2=O)ccc1OCC1CCCO1. The van der Waals surface area contributed by atoms with E-state index in [1.54, 1.807) is 14.0 Å². The Hall–Kier alpha value is -3.11. The summed E-state index contributed by atoms with van der Waals surface area (Å²) >= 11 is 0. The molecule has 0 aliphatic carbocycles. The molecule has 3 heterocycles. The molecular weight excluding hydrogens is 452 g/mol. The number of aromatic amines is 1. The van der Waals surface area contributed by atoms with Crippen molar-refractivity contribution in [2.24, 2.45) is 0 Å². The van der Waals surface area contributed by atoms with Crippen LogP contribution in [0.15, 0.2) is 23.0 Å². The van der Waals surface area contributed by atoms with Crippen molar-refractivity contribution in [1.82, 2.24) is 15.3 Å². The van der Waals surface area contributed by atoms with Gasteiger partial charge in [-0.2, -0.15) is 0 Å². The van der Waals surface area contributed by atoms with E-state index < -0.39 is 0 Å². The Balaban J connectivity index is 1.27. The molecule has 2 N–H and O–H groups in total. The third-order valence-electron chi connectivity index (χ3n) is 6.29. The van der Waals surface area contributed by atoms with Crippen LogP contribution in [-0.2, 0) is 27.2 Å². The summed E-state index contributed by atoms with van der Waals surface area (Å²) in [5.41, 5.74) is 1.87. The Morgan fingerprint density at radius 2 is 2.09 bits per heavy atom. The summed E-state index contributed by atoms with van der Waals surface area (Å²) in [5, 5.41) is 2.91. The van der Waals surface area contributed by atoms with Crippen molar-refractivity contribution >= 4 is 11.9 Å². The van der Waals surface area contributed by atoms with E-state index in [2.05, 4.69) is 15.3 Å². The van der Waals surface area contributed by atoms with Crippen molar-refractivity contribution in [3.63, 3.8) is 0 Å². The second-order valence-corrected chi connectivity index (χ2v) is 8.76. The number of amides is 1. The van der Waals surface area contributed by atoms with Crippen LogP contribution in [0, 0.1) is 6.92 Å². The number of hydrogen-bond donors (Lipinski definition) is 2.